The summed E-state index contributed by atoms with van der Waals surface area (Å²) in [6.45, 7) is 6.84. The van der Waals surface area contributed by atoms with E-state index in [-0.39, 0.29) is 17.0 Å². The molecule has 0 saturated heterocycles. The summed E-state index contributed by atoms with van der Waals surface area (Å²) in [5.74, 6) is -1.30. The molecule has 0 atom stereocenters. The summed E-state index contributed by atoms with van der Waals surface area (Å²) in [6.07, 6.45) is -3.47. The lowest BCUT2D eigenvalue weighted by molar-refractivity contribution is -0.0923. The lowest BCUT2D eigenvalue weighted by Gasteiger charge is -2.18. The van der Waals surface area contributed by atoms with Crippen LogP contribution in [-0.4, -0.2) is 37.1 Å². The maximum Gasteiger partial charge on any atom is 0.423 e. The first-order chi connectivity index (χ1) is 14.6. The smallest absolute Gasteiger partial charge is 0.423 e. The standard InChI is InChI=1S/C22H22F3N3O3/c1-13-6-8-17(9-7-13)27-15(3)19(22(23,24)25)20(30-4)28-14(2)18-12-16(10-11-26-18)21(29)31-5/h6-12,27H,3H2,1-2,4-5H3/b20-19-,28-14+. The fourth-order valence-electron chi connectivity index (χ4n) is 2.58. The highest BCUT2D eigenvalue weighted by Gasteiger charge is 2.40. The number of aliphatic imine (C=N–C) groups is 1. The average Bonchev–Trinajstić information content (AvgIpc) is 2.73. The number of hydrogen-bond acceptors (Lipinski definition) is 6. The van der Waals surface area contributed by atoms with Crippen LogP contribution >= 0.6 is 0 Å². The van der Waals surface area contributed by atoms with Gasteiger partial charge in [0.05, 0.1) is 31.2 Å². The molecule has 0 saturated carbocycles. The number of anilines is 1. The quantitative estimate of drug-likeness (QED) is 0.287. The minimum absolute atomic E-state index is 0.104. The van der Waals surface area contributed by atoms with E-state index >= 15 is 0 Å². The highest BCUT2D eigenvalue weighted by molar-refractivity contribution is 6.00. The second kappa shape index (κ2) is 9.92. The van der Waals surface area contributed by atoms with Crippen molar-refractivity contribution < 1.29 is 27.4 Å². The Morgan fingerprint density at radius 2 is 1.77 bits per heavy atom. The van der Waals surface area contributed by atoms with Gasteiger partial charge < -0.3 is 14.8 Å². The molecule has 0 amide bonds. The molecule has 6 nitrogen and oxygen atoms in total. The van der Waals surface area contributed by atoms with E-state index < -0.39 is 29.3 Å². The highest BCUT2D eigenvalue weighted by atomic mass is 19.4. The van der Waals surface area contributed by atoms with Crippen LogP contribution in [0.4, 0.5) is 18.9 Å². The molecule has 2 rings (SSSR count). The Morgan fingerprint density at radius 1 is 1.13 bits per heavy atom. The topological polar surface area (TPSA) is 72.8 Å². The van der Waals surface area contributed by atoms with Gasteiger partial charge in [0.1, 0.15) is 5.57 Å². The SMILES string of the molecule is C=C(Nc1ccc(C)cc1)/C(=C(\N=C(/C)c1cc(C(=O)OC)ccn1)OC)C(F)(F)F. The van der Waals surface area contributed by atoms with Gasteiger partial charge in [-0.2, -0.15) is 13.2 Å². The van der Waals surface area contributed by atoms with Crippen molar-refractivity contribution in [2.24, 2.45) is 4.99 Å². The minimum atomic E-state index is -4.80. The number of methoxy groups -OCH3 is 2. The minimum Gasteiger partial charge on any atom is -0.480 e. The predicted octanol–water partition coefficient (Wildman–Crippen LogP) is 5.03. The molecule has 0 fully saturated rings. The average molecular weight is 433 g/mol. The fourth-order valence-corrected chi connectivity index (χ4v) is 2.58. The summed E-state index contributed by atoms with van der Waals surface area (Å²) < 4.78 is 51.2. The summed E-state index contributed by atoms with van der Waals surface area (Å²) in [6, 6.07) is 9.57. The van der Waals surface area contributed by atoms with E-state index in [1.54, 1.807) is 24.3 Å². The van der Waals surface area contributed by atoms with Gasteiger partial charge in [0.2, 0.25) is 5.88 Å². The van der Waals surface area contributed by atoms with E-state index in [0.717, 1.165) is 12.7 Å². The van der Waals surface area contributed by atoms with Gasteiger partial charge in [0, 0.05) is 17.6 Å². The van der Waals surface area contributed by atoms with Gasteiger partial charge in [0.15, 0.2) is 0 Å². The normalized spacial score (nSPS) is 12.7. The van der Waals surface area contributed by atoms with Gasteiger partial charge in [-0.25, -0.2) is 9.79 Å². The Balaban J connectivity index is 2.48. The molecular formula is C22H22F3N3O3. The third-order valence-electron chi connectivity index (χ3n) is 4.16. The molecule has 0 radical (unpaired) electrons. The molecule has 0 unspecified atom stereocenters. The number of nitrogens with one attached hydrogen (secondary N) is 1. The van der Waals surface area contributed by atoms with Gasteiger partial charge >= 0.3 is 12.1 Å². The summed E-state index contributed by atoms with van der Waals surface area (Å²) in [4.78, 5) is 19.7. The van der Waals surface area contributed by atoms with Gasteiger partial charge in [-0.3, -0.25) is 4.98 Å². The molecule has 0 aliphatic heterocycles. The number of rotatable bonds is 7. The Hall–Kier alpha value is -3.62. The van der Waals surface area contributed by atoms with Crippen LogP contribution in [0.3, 0.4) is 0 Å². The molecule has 31 heavy (non-hydrogen) atoms. The Kier molecular flexibility index (Phi) is 7.57. The van der Waals surface area contributed by atoms with Gasteiger partial charge in [0.25, 0.3) is 0 Å². The first-order valence-electron chi connectivity index (χ1n) is 9.05. The zero-order valence-electron chi connectivity index (χ0n) is 17.5. The van der Waals surface area contributed by atoms with Crippen LogP contribution in [0.2, 0.25) is 0 Å². The third-order valence-corrected chi connectivity index (χ3v) is 4.16. The van der Waals surface area contributed by atoms with E-state index in [1.165, 1.54) is 32.4 Å². The van der Waals surface area contributed by atoms with E-state index in [4.69, 9.17) is 4.74 Å². The van der Waals surface area contributed by atoms with Crippen molar-refractivity contribution in [3.05, 3.63) is 83.1 Å². The number of alkyl halides is 3. The Bertz CT molecular complexity index is 1030. The second-order valence-electron chi connectivity index (χ2n) is 6.47. The van der Waals surface area contributed by atoms with Crippen molar-refractivity contribution in [1.82, 2.24) is 4.98 Å². The molecule has 1 aromatic carbocycles. The molecule has 0 aliphatic rings. The van der Waals surface area contributed by atoms with Crippen LogP contribution in [0.5, 0.6) is 0 Å². The number of esters is 1. The maximum atomic E-state index is 13.9. The van der Waals surface area contributed by atoms with Crippen LogP contribution in [0.15, 0.2) is 71.3 Å². The largest absolute Gasteiger partial charge is 0.480 e. The number of carbonyl (C=O) groups excluding carboxylic acids is 1. The third kappa shape index (κ3) is 6.18. The number of aryl methyl sites for hydroxylation is 1. The number of carbonyl (C=O) groups is 1. The van der Waals surface area contributed by atoms with Crippen LogP contribution in [0, 0.1) is 6.92 Å². The zero-order chi connectivity index (χ0) is 23.2. The molecule has 1 aromatic heterocycles. The van der Waals surface area contributed by atoms with Crippen molar-refractivity contribution in [2.75, 3.05) is 19.5 Å². The molecule has 0 bridgehead atoms. The van der Waals surface area contributed by atoms with Gasteiger partial charge in [-0.05, 0) is 38.1 Å². The molecule has 164 valence electrons. The van der Waals surface area contributed by atoms with Crippen LogP contribution < -0.4 is 5.32 Å². The summed E-state index contributed by atoms with van der Waals surface area (Å²) >= 11 is 0. The van der Waals surface area contributed by atoms with E-state index in [1.807, 2.05) is 6.92 Å². The first-order valence-corrected chi connectivity index (χ1v) is 9.05. The maximum absolute atomic E-state index is 13.9. The lowest BCUT2D eigenvalue weighted by Crippen LogP contribution is -2.20. The number of aromatic nitrogens is 1. The van der Waals surface area contributed by atoms with Crippen LogP contribution in [0.1, 0.15) is 28.5 Å². The summed E-state index contributed by atoms with van der Waals surface area (Å²) in [5, 5.41) is 2.64. The number of pyridine rings is 1. The molecular weight excluding hydrogens is 411 g/mol. The number of benzene rings is 1. The first kappa shape index (κ1) is 23.7. The lowest BCUT2D eigenvalue weighted by atomic mass is 10.1. The highest BCUT2D eigenvalue weighted by Crippen LogP contribution is 2.34. The number of ether oxygens (including phenoxy) is 2. The molecule has 0 aliphatic carbocycles. The molecule has 2 aromatic rings. The molecule has 0 spiro atoms. The Morgan fingerprint density at radius 3 is 2.32 bits per heavy atom. The summed E-state index contributed by atoms with van der Waals surface area (Å²) in [7, 11) is 2.30. The predicted molar refractivity (Wildman–Crippen MR) is 112 cm³/mol. The number of allylic oxidation sites excluding steroid dienone is 1. The van der Waals surface area contributed by atoms with Crippen LogP contribution in [-0.2, 0) is 9.47 Å². The van der Waals surface area contributed by atoms with E-state index in [9.17, 15) is 18.0 Å². The van der Waals surface area contributed by atoms with Gasteiger partial charge in [-0.15, -0.1) is 0 Å². The van der Waals surface area contributed by atoms with Crippen LogP contribution in [0.25, 0.3) is 0 Å². The number of halogens is 3. The summed E-state index contributed by atoms with van der Waals surface area (Å²) in [5.41, 5.74) is 0.276. The number of nitrogens with zero attached hydrogens (tertiary/aromatic N) is 2. The van der Waals surface area contributed by atoms with Crippen molar-refractivity contribution in [2.45, 2.75) is 20.0 Å². The second-order valence-corrected chi connectivity index (χ2v) is 6.47. The van der Waals surface area contributed by atoms with Crippen molar-refractivity contribution in [3.8, 4) is 0 Å². The van der Waals surface area contributed by atoms with Crippen molar-refractivity contribution in [1.29, 1.82) is 0 Å². The van der Waals surface area contributed by atoms with Crippen molar-refractivity contribution in [3.63, 3.8) is 0 Å². The van der Waals surface area contributed by atoms with Crippen molar-refractivity contribution >= 4 is 17.4 Å². The van der Waals surface area contributed by atoms with E-state index in [0.29, 0.717) is 5.69 Å². The number of hydrogen-bond donors (Lipinski definition) is 1. The van der Waals surface area contributed by atoms with Gasteiger partial charge in [-0.1, -0.05) is 24.3 Å². The zero-order valence-corrected chi connectivity index (χ0v) is 17.5. The van der Waals surface area contributed by atoms with E-state index in [2.05, 4.69) is 26.6 Å². The monoisotopic (exact) mass is 433 g/mol. The molecule has 9 heteroatoms. The molecule has 1 heterocycles. The molecule has 1 N–H and O–H groups in total. The fraction of sp³-hybridized carbons (Fsp3) is 0.227. The Labute approximate surface area is 178 Å².